The number of terminal acetylenes is 1. The van der Waals surface area contributed by atoms with Crippen molar-refractivity contribution in [1.29, 1.82) is 0 Å². The molecular formula is C15H18N2O3. The molecular weight excluding hydrogens is 256 g/mol. The SMILES string of the molecule is C#CCNC(=O)c1ccc(OCC2CCOCC2)nc1. The summed E-state index contributed by atoms with van der Waals surface area (Å²) in [4.78, 5) is 15.7. The molecule has 5 heteroatoms. The molecule has 0 bridgehead atoms. The highest BCUT2D eigenvalue weighted by Crippen LogP contribution is 2.16. The van der Waals surface area contributed by atoms with Gasteiger partial charge in [-0.25, -0.2) is 4.98 Å². The molecule has 0 spiro atoms. The predicted molar refractivity (Wildman–Crippen MR) is 74.4 cm³/mol. The van der Waals surface area contributed by atoms with Crippen molar-refractivity contribution < 1.29 is 14.3 Å². The highest BCUT2D eigenvalue weighted by atomic mass is 16.5. The number of amides is 1. The summed E-state index contributed by atoms with van der Waals surface area (Å²) in [6.45, 7) is 2.45. The summed E-state index contributed by atoms with van der Waals surface area (Å²) >= 11 is 0. The lowest BCUT2D eigenvalue weighted by atomic mass is 10.0. The highest BCUT2D eigenvalue weighted by Gasteiger charge is 2.14. The second-order valence-electron chi connectivity index (χ2n) is 4.64. The van der Waals surface area contributed by atoms with Crippen molar-refractivity contribution in [3.05, 3.63) is 23.9 Å². The van der Waals surface area contributed by atoms with Crippen LogP contribution in [-0.2, 0) is 4.74 Å². The highest BCUT2D eigenvalue weighted by molar-refractivity contribution is 5.94. The van der Waals surface area contributed by atoms with Gasteiger partial charge in [0.05, 0.1) is 18.7 Å². The van der Waals surface area contributed by atoms with Gasteiger partial charge in [0.25, 0.3) is 5.91 Å². The van der Waals surface area contributed by atoms with Crippen LogP contribution in [0.1, 0.15) is 23.2 Å². The molecule has 2 rings (SSSR count). The van der Waals surface area contributed by atoms with Crippen molar-refractivity contribution in [3.8, 4) is 18.2 Å². The van der Waals surface area contributed by atoms with Crippen LogP contribution < -0.4 is 10.1 Å². The van der Waals surface area contributed by atoms with Crippen molar-refractivity contribution in [3.63, 3.8) is 0 Å². The minimum absolute atomic E-state index is 0.209. The maximum atomic E-state index is 11.6. The maximum absolute atomic E-state index is 11.6. The Labute approximate surface area is 118 Å². The molecule has 0 radical (unpaired) electrons. The van der Waals surface area contributed by atoms with E-state index in [0.717, 1.165) is 26.1 Å². The van der Waals surface area contributed by atoms with Gasteiger partial charge in [0.2, 0.25) is 5.88 Å². The number of nitrogens with one attached hydrogen (secondary N) is 1. The van der Waals surface area contributed by atoms with Crippen molar-refractivity contribution in [1.82, 2.24) is 10.3 Å². The lowest BCUT2D eigenvalue weighted by Gasteiger charge is -2.21. The van der Waals surface area contributed by atoms with Crippen LogP contribution in [0.4, 0.5) is 0 Å². The van der Waals surface area contributed by atoms with Gasteiger partial charge in [-0.2, -0.15) is 0 Å². The second kappa shape index (κ2) is 7.51. The molecule has 1 aromatic heterocycles. The Morgan fingerprint density at radius 3 is 2.95 bits per heavy atom. The van der Waals surface area contributed by atoms with E-state index in [4.69, 9.17) is 15.9 Å². The molecule has 0 atom stereocenters. The van der Waals surface area contributed by atoms with E-state index < -0.39 is 0 Å². The first-order valence-corrected chi connectivity index (χ1v) is 6.68. The van der Waals surface area contributed by atoms with Gasteiger partial charge in [0.1, 0.15) is 0 Å². The zero-order valence-corrected chi connectivity index (χ0v) is 11.3. The molecule has 0 aliphatic carbocycles. The number of aromatic nitrogens is 1. The summed E-state index contributed by atoms with van der Waals surface area (Å²) < 4.78 is 10.9. The van der Waals surface area contributed by atoms with E-state index in [-0.39, 0.29) is 12.5 Å². The molecule has 1 amide bonds. The summed E-state index contributed by atoms with van der Waals surface area (Å²) in [6.07, 6.45) is 8.61. The molecule has 5 nitrogen and oxygen atoms in total. The Bertz CT molecular complexity index is 473. The number of nitrogens with zero attached hydrogens (tertiary/aromatic N) is 1. The quantitative estimate of drug-likeness (QED) is 0.821. The normalized spacial score (nSPS) is 15.3. The van der Waals surface area contributed by atoms with E-state index in [1.54, 1.807) is 12.1 Å². The average molecular weight is 274 g/mol. The molecule has 106 valence electrons. The number of rotatable bonds is 5. The third kappa shape index (κ3) is 4.25. The molecule has 1 aliphatic heterocycles. The smallest absolute Gasteiger partial charge is 0.253 e. The molecule has 0 saturated carbocycles. The van der Waals surface area contributed by atoms with Gasteiger partial charge in [-0.15, -0.1) is 6.42 Å². The lowest BCUT2D eigenvalue weighted by molar-refractivity contribution is 0.0490. The first-order valence-electron chi connectivity index (χ1n) is 6.68. The van der Waals surface area contributed by atoms with Gasteiger partial charge in [-0.3, -0.25) is 4.79 Å². The van der Waals surface area contributed by atoms with Crippen LogP contribution in [-0.4, -0.2) is 37.3 Å². The van der Waals surface area contributed by atoms with Crippen molar-refractivity contribution in [2.45, 2.75) is 12.8 Å². The number of ether oxygens (including phenoxy) is 2. The van der Waals surface area contributed by atoms with Gasteiger partial charge in [0.15, 0.2) is 0 Å². The minimum Gasteiger partial charge on any atom is -0.477 e. The summed E-state index contributed by atoms with van der Waals surface area (Å²) in [6, 6.07) is 3.38. The number of hydrogen-bond donors (Lipinski definition) is 1. The topological polar surface area (TPSA) is 60.5 Å². The monoisotopic (exact) mass is 274 g/mol. The van der Waals surface area contributed by atoms with Gasteiger partial charge in [-0.05, 0) is 24.8 Å². The Balaban J connectivity index is 1.81. The summed E-state index contributed by atoms with van der Waals surface area (Å²) in [5.74, 6) is 3.17. The van der Waals surface area contributed by atoms with Crippen LogP contribution in [0.15, 0.2) is 18.3 Å². The standard InChI is InChI=1S/C15H18N2O3/c1-2-7-16-15(18)13-3-4-14(17-10-13)20-11-12-5-8-19-9-6-12/h1,3-4,10,12H,5-9,11H2,(H,16,18). The molecule has 1 saturated heterocycles. The third-order valence-electron chi connectivity index (χ3n) is 3.16. The number of carbonyl (C=O) groups excluding carboxylic acids is 1. The lowest BCUT2D eigenvalue weighted by Crippen LogP contribution is -2.23. The van der Waals surface area contributed by atoms with Crippen LogP contribution in [0.25, 0.3) is 0 Å². The number of carbonyl (C=O) groups is 1. The Morgan fingerprint density at radius 2 is 2.30 bits per heavy atom. The first kappa shape index (κ1) is 14.4. The van der Waals surface area contributed by atoms with Crippen molar-refractivity contribution in [2.75, 3.05) is 26.4 Å². The first-order chi connectivity index (χ1) is 9.79. The van der Waals surface area contributed by atoms with Crippen LogP contribution in [0.2, 0.25) is 0 Å². The molecule has 20 heavy (non-hydrogen) atoms. The molecule has 1 fully saturated rings. The Kier molecular flexibility index (Phi) is 5.39. The minimum atomic E-state index is -0.230. The zero-order chi connectivity index (χ0) is 14.2. The van der Waals surface area contributed by atoms with Gasteiger partial charge < -0.3 is 14.8 Å². The largest absolute Gasteiger partial charge is 0.477 e. The Hall–Kier alpha value is -2.06. The van der Waals surface area contributed by atoms with E-state index in [0.29, 0.717) is 24.0 Å². The van der Waals surface area contributed by atoms with Gasteiger partial charge in [-0.1, -0.05) is 5.92 Å². The summed E-state index contributed by atoms with van der Waals surface area (Å²) in [5, 5.41) is 2.58. The van der Waals surface area contributed by atoms with E-state index in [1.165, 1.54) is 6.20 Å². The van der Waals surface area contributed by atoms with Crippen molar-refractivity contribution >= 4 is 5.91 Å². The molecule has 1 aliphatic rings. The van der Waals surface area contributed by atoms with Crippen molar-refractivity contribution in [2.24, 2.45) is 5.92 Å². The van der Waals surface area contributed by atoms with Crippen LogP contribution in [0, 0.1) is 18.3 Å². The van der Waals surface area contributed by atoms with E-state index in [2.05, 4.69) is 16.2 Å². The van der Waals surface area contributed by atoms with Crippen LogP contribution in [0.3, 0.4) is 0 Å². The van der Waals surface area contributed by atoms with Gasteiger partial charge >= 0.3 is 0 Å². The zero-order valence-electron chi connectivity index (χ0n) is 11.3. The fraction of sp³-hybridized carbons (Fsp3) is 0.467. The predicted octanol–water partition coefficient (Wildman–Crippen LogP) is 1.25. The molecule has 0 unspecified atom stereocenters. The maximum Gasteiger partial charge on any atom is 0.253 e. The van der Waals surface area contributed by atoms with Crippen LogP contribution >= 0.6 is 0 Å². The average Bonchev–Trinajstić information content (AvgIpc) is 2.52. The van der Waals surface area contributed by atoms with E-state index >= 15 is 0 Å². The second-order valence-corrected chi connectivity index (χ2v) is 4.64. The summed E-state index contributed by atoms with van der Waals surface area (Å²) in [7, 11) is 0. The molecule has 0 aromatic carbocycles. The van der Waals surface area contributed by atoms with Gasteiger partial charge in [0, 0.05) is 25.5 Å². The third-order valence-corrected chi connectivity index (χ3v) is 3.16. The fourth-order valence-electron chi connectivity index (χ4n) is 1.95. The van der Waals surface area contributed by atoms with E-state index in [9.17, 15) is 4.79 Å². The summed E-state index contributed by atoms with van der Waals surface area (Å²) in [5.41, 5.74) is 0.471. The molecule has 2 heterocycles. The molecule has 1 aromatic rings. The van der Waals surface area contributed by atoms with E-state index in [1.807, 2.05) is 0 Å². The number of pyridine rings is 1. The molecule has 1 N–H and O–H groups in total. The fourth-order valence-corrected chi connectivity index (χ4v) is 1.95. The Morgan fingerprint density at radius 1 is 1.50 bits per heavy atom. The number of hydrogen-bond acceptors (Lipinski definition) is 4. The van der Waals surface area contributed by atoms with Crippen LogP contribution in [0.5, 0.6) is 5.88 Å².